The average Bonchev–Trinajstić information content (AvgIpc) is 2.67. The highest BCUT2D eigenvalue weighted by molar-refractivity contribution is 6.29. The fourth-order valence-corrected chi connectivity index (χ4v) is 3.54. The molecule has 0 unspecified atom stereocenters. The molecule has 28 heavy (non-hydrogen) atoms. The third-order valence-corrected chi connectivity index (χ3v) is 5.30. The Hall–Kier alpha value is -2.54. The Labute approximate surface area is 168 Å². The van der Waals surface area contributed by atoms with E-state index in [4.69, 9.17) is 16.7 Å². The monoisotopic (exact) mass is 406 g/mol. The van der Waals surface area contributed by atoms with Gasteiger partial charge in [0, 0.05) is 43.6 Å². The van der Waals surface area contributed by atoms with Crippen molar-refractivity contribution in [2.45, 2.75) is 26.3 Å². The second kappa shape index (κ2) is 9.10. The number of nitrogens with one attached hydrogen (secondary N) is 2. The van der Waals surface area contributed by atoms with Crippen molar-refractivity contribution in [1.29, 1.82) is 0 Å². The summed E-state index contributed by atoms with van der Waals surface area (Å²) in [6, 6.07) is 6.73. The number of aryl methyl sites for hydroxylation is 1. The van der Waals surface area contributed by atoms with Gasteiger partial charge in [-0.3, -0.25) is 0 Å². The molecule has 0 atom stereocenters. The van der Waals surface area contributed by atoms with Crippen LogP contribution in [0.4, 0.5) is 20.6 Å². The average molecular weight is 407 g/mol. The number of rotatable bonds is 6. The zero-order chi connectivity index (χ0) is 20.1. The topological polar surface area (TPSA) is 77.5 Å². The smallest absolute Gasteiger partial charge is 0.407 e. The van der Waals surface area contributed by atoms with Crippen molar-refractivity contribution >= 4 is 29.1 Å². The first-order valence-corrected chi connectivity index (χ1v) is 9.67. The van der Waals surface area contributed by atoms with Crippen LogP contribution in [0.3, 0.4) is 0 Å². The maximum absolute atomic E-state index is 14.0. The van der Waals surface area contributed by atoms with Crippen molar-refractivity contribution in [3.05, 3.63) is 52.6 Å². The summed E-state index contributed by atoms with van der Waals surface area (Å²) < 4.78 is 14.0. The van der Waals surface area contributed by atoms with Crippen molar-refractivity contribution < 1.29 is 14.3 Å². The fourth-order valence-electron chi connectivity index (χ4n) is 3.39. The molecule has 1 aliphatic heterocycles. The van der Waals surface area contributed by atoms with Crippen LogP contribution in [-0.2, 0) is 6.54 Å². The van der Waals surface area contributed by atoms with Gasteiger partial charge in [-0.25, -0.2) is 14.2 Å². The molecule has 1 saturated heterocycles. The highest BCUT2D eigenvalue weighted by atomic mass is 35.5. The maximum atomic E-state index is 14.0. The highest BCUT2D eigenvalue weighted by Crippen LogP contribution is 2.25. The zero-order valence-electron chi connectivity index (χ0n) is 15.7. The predicted molar refractivity (Wildman–Crippen MR) is 109 cm³/mol. The molecule has 0 bridgehead atoms. The Morgan fingerprint density at radius 2 is 2.11 bits per heavy atom. The number of aromatic nitrogens is 1. The second-order valence-corrected chi connectivity index (χ2v) is 7.43. The lowest BCUT2D eigenvalue weighted by molar-refractivity contribution is 0.126. The van der Waals surface area contributed by atoms with Crippen LogP contribution in [0, 0.1) is 18.7 Å². The number of pyridine rings is 1. The summed E-state index contributed by atoms with van der Waals surface area (Å²) in [5.74, 6) is 0.0961. The minimum absolute atomic E-state index is 0.290. The second-order valence-electron chi connectivity index (χ2n) is 7.04. The van der Waals surface area contributed by atoms with E-state index in [2.05, 4.69) is 15.6 Å². The van der Waals surface area contributed by atoms with Gasteiger partial charge in [0.25, 0.3) is 0 Å². The SMILES string of the molecule is Cc1cccc(F)c1NCc1cnc(Cl)cc1NCC1CCN(C(=O)O)CC1. The van der Waals surface area contributed by atoms with Crippen LogP contribution < -0.4 is 10.6 Å². The normalized spacial score (nSPS) is 14.8. The van der Waals surface area contributed by atoms with Gasteiger partial charge in [-0.15, -0.1) is 0 Å². The van der Waals surface area contributed by atoms with Gasteiger partial charge in [-0.1, -0.05) is 23.7 Å². The standard InChI is InChI=1S/C20H24ClFN4O2/c1-13-3-2-4-16(22)19(13)25-12-15-11-24-18(21)9-17(15)23-10-14-5-7-26(8-6-14)20(27)28/h2-4,9,11,14,25H,5-8,10,12H2,1H3,(H,23,24)(H,27,28). The highest BCUT2D eigenvalue weighted by Gasteiger charge is 2.22. The molecule has 1 fully saturated rings. The number of benzene rings is 1. The van der Waals surface area contributed by atoms with E-state index in [9.17, 15) is 9.18 Å². The number of para-hydroxylation sites is 1. The summed E-state index contributed by atoms with van der Waals surface area (Å²) >= 11 is 6.06. The van der Waals surface area contributed by atoms with Crippen LogP contribution >= 0.6 is 11.6 Å². The summed E-state index contributed by atoms with van der Waals surface area (Å²) in [6.45, 7) is 4.10. The van der Waals surface area contributed by atoms with Gasteiger partial charge in [-0.2, -0.15) is 0 Å². The molecule has 2 aromatic rings. The summed E-state index contributed by atoms with van der Waals surface area (Å²) in [5.41, 5.74) is 3.04. The number of carbonyl (C=O) groups is 1. The van der Waals surface area contributed by atoms with Crippen molar-refractivity contribution in [2.24, 2.45) is 5.92 Å². The van der Waals surface area contributed by atoms with E-state index in [0.29, 0.717) is 36.4 Å². The Morgan fingerprint density at radius 1 is 1.36 bits per heavy atom. The lowest BCUT2D eigenvalue weighted by Crippen LogP contribution is -2.39. The third-order valence-electron chi connectivity index (χ3n) is 5.10. The summed E-state index contributed by atoms with van der Waals surface area (Å²) in [7, 11) is 0. The molecule has 2 heterocycles. The Kier molecular flexibility index (Phi) is 6.57. The molecule has 3 rings (SSSR count). The Morgan fingerprint density at radius 3 is 2.79 bits per heavy atom. The number of hydrogen-bond donors (Lipinski definition) is 3. The lowest BCUT2D eigenvalue weighted by atomic mass is 9.97. The van der Waals surface area contributed by atoms with Crippen LogP contribution in [0.15, 0.2) is 30.5 Å². The third kappa shape index (κ3) is 5.04. The van der Waals surface area contributed by atoms with Gasteiger partial charge in [0.05, 0.1) is 5.69 Å². The molecule has 6 nitrogen and oxygen atoms in total. The van der Waals surface area contributed by atoms with E-state index in [1.165, 1.54) is 11.0 Å². The minimum atomic E-state index is -0.857. The van der Waals surface area contributed by atoms with Gasteiger partial charge in [0.2, 0.25) is 0 Å². The number of amides is 1. The van der Waals surface area contributed by atoms with Crippen LogP contribution in [-0.4, -0.2) is 40.7 Å². The van der Waals surface area contributed by atoms with E-state index < -0.39 is 6.09 Å². The number of likely N-dealkylation sites (tertiary alicyclic amines) is 1. The Bertz CT molecular complexity index is 821. The first-order chi connectivity index (χ1) is 13.4. The Balaban J connectivity index is 1.62. The number of carboxylic acid groups (broad SMARTS) is 1. The summed E-state index contributed by atoms with van der Waals surface area (Å²) in [5, 5.41) is 16.0. The number of anilines is 2. The van der Waals surface area contributed by atoms with E-state index in [0.717, 1.165) is 36.2 Å². The van der Waals surface area contributed by atoms with Crippen molar-refractivity contribution in [2.75, 3.05) is 30.3 Å². The van der Waals surface area contributed by atoms with E-state index in [-0.39, 0.29) is 5.82 Å². The molecule has 1 amide bonds. The molecule has 0 saturated carbocycles. The van der Waals surface area contributed by atoms with Crippen molar-refractivity contribution in [1.82, 2.24) is 9.88 Å². The van der Waals surface area contributed by atoms with Crippen LogP contribution in [0.1, 0.15) is 24.0 Å². The molecular formula is C20H24ClFN4O2. The van der Waals surface area contributed by atoms with Gasteiger partial charge in [-0.05, 0) is 43.4 Å². The first-order valence-electron chi connectivity index (χ1n) is 9.29. The van der Waals surface area contributed by atoms with Crippen LogP contribution in [0.2, 0.25) is 5.15 Å². The predicted octanol–water partition coefficient (Wildman–Crippen LogP) is 4.60. The summed E-state index contributed by atoms with van der Waals surface area (Å²) in [6.07, 6.45) is 2.46. The van der Waals surface area contributed by atoms with E-state index >= 15 is 0 Å². The molecule has 1 aliphatic rings. The van der Waals surface area contributed by atoms with Crippen LogP contribution in [0.5, 0.6) is 0 Å². The zero-order valence-corrected chi connectivity index (χ0v) is 16.5. The first kappa shape index (κ1) is 20.2. The van der Waals surface area contributed by atoms with Crippen molar-refractivity contribution in [3.8, 4) is 0 Å². The largest absolute Gasteiger partial charge is 0.465 e. The van der Waals surface area contributed by atoms with Gasteiger partial charge in [0.15, 0.2) is 0 Å². The molecule has 1 aromatic heterocycles. The maximum Gasteiger partial charge on any atom is 0.407 e. The molecule has 150 valence electrons. The summed E-state index contributed by atoms with van der Waals surface area (Å²) in [4.78, 5) is 16.6. The molecule has 0 spiro atoms. The quantitative estimate of drug-likeness (QED) is 0.611. The van der Waals surface area contributed by atoms with Gasteiger partial charge < -0.3 is 20.6 Å². The number of piperidine rings is 1. The number of nitrogens with zero attached hydrogens (tertiary/aromatic N) is 2. The van der Waals surface area contributed by atoms with E-state index in [1.807, 2.05) is 13.0 Å². The molecular weight excluding hydrogens is 383 g/mol. The fraction of sp³-hybridized carbons (Fsp3) is 0.400. The lowest BCUT2D eigenvalue weighted by Gasteiger charge is -2.30. The molecule has 3 N–H and O–H groups in total. The van der Waals surface area contributed by atoms with E-state index in [1.54, 1.807) is 18.3 Å². The van der Waals surface area contributed by atoms with Crippen LogP contribution in [0.25, 0.3) is 0 Å². The minimum Gasteiger partial charge on any atom is -0.465 e. The molecule has 8 heteroatoms. The number of hydrogen-bond acceptors (Lipinski definition) is 4. The molecule has 1 aromatic carbocycles. The van der Waals surface area contributed by atoms with Crippen molar-refractivity contribution in [3.63, 3.8) is 0 Å². The number of halogens is 2. The van der Waals surface area contributed by atoms with Gasteiger partial charge >= 0.3 is 6.09 Å². The van der Waals surface area contributed by atoms with Gasteiger partial charge in [0.1, 0.15) is 11.0 Å². The molecule has 0 radical (unpaired) electrons. The molecule has 0 aliphatic carbocycles.